The summed E-state index contributed by atoms with van der Waals surface area (Å²) in [7, 11) is 0. The van der Waals surface area contributed by atoms with Crippen LogP contribution in [0, 0.1) is 5.82 Å². The Balaban J connectivity index is 1.53. The standard InChI is InChI=1S/C25H17FN2O2/c26-18-11-9-16(10-12-18)15-27-25(29)20-14-22(28-21-7-3-2-6-19(20)21)24-13-17-5-1-4-8-23(17)30-24/h1-14H,15H2,(H,27,29). The predicted molar refractivity (Wildman–Crippen MR) is 115 cm³/mol. The molecule has 2 heterocycles. The molecule has 3 aromatic carbocycles. The first-order valence-corrected chi connectivity index (χ1v) is 9.59. The Hall–Kier alpha value is -3.99. The van der Waals surface area contributed by atoms with Gasteiger partial charge in [0.05, 0.1) is 11.1 Å². The molecule has 0 bridgehead atoms. The van der Waals surface area contributed by atoms with E-state index in [1.807, 2.05) is 54.6 Å². The maximum atomic E-state index is 13.1. The first-order chi connectivity index (χ1) is 14.7. The molecule has 0 spiro atoms. The highest BCUT2D eigenvalue weighted by Crippen LogP contribution is 2.29. The normalized spacial score (nSPS) is 11.1. The van der Waals surface area contributed by atoms with Gasteiger partial charge in [-0.05, 0) is 42.0 Å². The third kappa shape index (κ3) is 3.42. The van der Waals surface area contributed by atoms with E-state index < -0.39 is 0 Å². The number of pyridine rings is 1. The fourth-order valence-corrected chi connectivity index (χ4v) is 3.48. The number of furan rings is 1. The molecule has 0 atom stereocenters. The van der Waals surface area contributed by atoms with E-state index >= 15 is 0 Å². The summed E-state index contributed by atoms with van der Waals surface area (Å²) in [5.74, 6) is 0.0745. The molecule has 1 amide bonds. The second-order valence-electron chi connectivity index (χ2n) is 7.03. The van der Waals surface area contributed by atoms with Crippen molar-refractivity contribution < 1.29 is 13.6 Å². The van der Waals surface area contributed by atoms with Crippen molar-refractivity contribution in [2.75, 3.05) is 0 Å². The molecule has 30 heavy (non-hydrogen) atoms. The quantitative estimate of drug-likeness (QED) is 0.423. The van der Waals surface area contributed by atoms with Gasteiger partial charge in [-0.3, -0.25) is 4.79 Å². The number of hydrogen-bond donors (Lipinski definition) is 1. The predicted octanol–water partition coefficient (Wildman–Crippen LogP) is 5.72. The van der Waals surface area contributed by atoms with Crippen molar-refractivity contribution in [1.29, 1.82) is 0 Å². The van der Waals surface area contributed by atoms with Crippen LogP contribution in [0.4, 0.5) is 4.39 Å². The third-order valence-electron chi connectivity index (χ3n) is 5.01. The number of fused-ring (bicyclic) bond motifs is 2. The molecule has 0 unspecified atom stereocenters. The number of nitrogens with one attached hydrogen (secondary N) is 1. The van der Waals surface area contributed by atoms with Crippen LogP contribution in [-0.4, -0.2) is 10.9 Å². The summed E-state index contributed by atoms with van der Waals surface area (Å²) >= 11 is 0. The van der Waals surface area contributed by atoms with Gasteiger partial charge >= 0.3 is 0 Å². The fourth-order valence-electron chi connectivity index (χ4n) is 3.48. The van der Waals surface area contributed by atoms with E-state index in [9.17, 15) is 9.18 Å². The molecule has 4 nitrogen and oxygen atoms in total. The molecule has 0 aliphatic carbocycles. The third-order valence-corrected chi connectivity index (χ3v) is 5.01. The van der Waals surface area contributed by atoms with E-state index in [0.717, 1.165) is 21.9 Å². The van der Waals surface area contributed by atoms with Gasteiger partial charge in [0.15, 0.2) is 5.76 Å². The van der Waals surface area contributed by atoms with Crippen molar-refractivity contribution in [2.24, 2.45) is 0 Å². The van der Waals surface area contributed by atoms with Gasteiger partial charge in [-0.1, -0.05) is 48.5 Å². The number of para-hydroxylation sites is 2. The average Bonchev–Trinajstić information content (AvgIpc) is 3.22. The van der Waals surface area contributed by atoms with Crippen LogP contribution in [0.5, 0.6) is 0 Å². The molecule has 0 aliphatic rings. The second kappa shape index (κ2) is 7.44. The number of hydrogen-bond acceptors (Lipinski definition) is 3. The smallest absolute Gasteiger partial charge is 0.252 e. The Bertz CT molecular complexity index is 1340. The number of nitrogens with zero attached hydrogens (tertiary/aromatic N) is 1. The lowest BCUT2D eigenvalue weighted by Gasteiger charge is -2.10. The number of rotatable bonds is 4. The van der Waals surface area contributed by atoms with Crippen LogP contribution in [0.15, 0.2) is 89.3 Å². The SMILES string of the molecule is O=C(NCc1ccc(F)cc1)c1cc(-c2cc3ccccc3o2)nc2ccccc12. The summed E-state index contributed by atoms with van der Waals surface area (Å²) in [6.07, 6.45) is 0. The number of amides is 1. The van der Waals surface area contributed by atoms with E-state index in [2.05, 4.69) is 5.32 Å². The van der Waals surface area contributed by atoms with E-state index in [4.69, 9.17) is 9.40 Å². The van der Waals surface area contributed by atoms with E-state index in [0.29, 0.717) is 29.1 Å². The second-order valence-corrected chi connectivity index (χ2v) is 7.03. The van der Waals surface area contributed by atoms with Gasteiger partial charge in [-0.25, -0.2) is 9.37 Å². The van der Waals surface area contributed by atoms with Crippen molar-refractivity contribution in [3.05, 3.63) is 102 Å². The minimum Gasteiger partial charge on any atom is -0.454 e. The van der Waals surface area contributed by atoms with Crippen LogP contribution in [0.2, 0.25) is 0 Å². The zero-order valence-electron chi connectivity index (χ0n) is 15.9. The zero-order valence-corrected chi connectivity index (χ0v) is 15.9. The van der Waals surface area contributed by atoms with Gasteiger partial charge in [0.1, 0.15) is 17.1 Å². The average molecular weight is 396 g/mol. The summed E-state index contributed by atoms with van der Waals surface area (Å²) < 4.78 is 19.1. The van der Waals surface area contributed by atoms with Crippen LogP contribution >= 0.6 is 0 Å². The number of benzene rings is 3. The van der Waals surface area contributed by atoms with Crippen LogP contribution in [0.3, 0.4) is 0 Å². The van der Waals surface area contributed by atoms with Gasteiger partial charge in [0.2, 0.25) is 0 Å². The van der Waals surface area contributed by atoms with Crippen LogP contribution in [0.1, 0.15) is 15.9 Å². The Labute approximate surface area is 172 Å². The van der Waals surface area contributed by atoms with Crippen LogP contribution in [-0.2, 0) is 6.54 Å². The molecule has 0 saturated heterocycles. The lowest BCUT2D eigenvalue weighted by molar-refractivity contribution is 0.0952. The van der Waals surface area contributed by atoms with E-state index in [-0.39, 0.29) is 11.7 Å². The first-order valence-electron chi connectivity index (χ1n) is 9.59. The van der Waals surface area contributed by atoms with Gasteiger partial charge < -0.3 is 9.73 Å². The molecule has 5 rings (SSSR count). The molecule has 1 N–H and O–H groups in total. The summed E-state index contributed by atoms with van der Waals surface area (Å²) in [5, 5.41) is 4.65. The van der Waals surface area contributed by atoms with Gasteiger partial charge in [-0.2, -0.15) is 0 Å². The Morgan fingerprint density at radius 2 is 1.70 bits per heavy atom. The van der Waals surface area contributed by atoms with Crippen LogP contribution in [0.25, 0.3) is 33.3 Å². The molecular weight excluding hydrogens is 379 g/mol. The first kappa shape index (κ1) is 18.1. The lowest BCUT2D eigenvalue weighted by Crippen LogP contribution is -2.23. The lowest BCUT2D eigenvalue weighted by atomic mass is 10.1. The molecule has 2 aromatic heterocycles. The van der Waals surface area contributed by atoms with E-state index in [1.54, 1.807) is 18.2 Å². The Morgan fingerprint density at radius 3 is 2.53 bits per heavy atom. The fraction of sp³-hybridized carbons (Fsp3) is 0.0400. The molecule has 0 fully saturated rings. The Morgan fingerprint density at radius 1 is 0.933 bits per heavy atom. The molecule has 0 radical (unpaired) electrons. The summed E-state index contributed by atoms with van der Waals surface area (Å²) in [6, 6.07) is 25.0. The largest absolute Gasteiger partial charge is 0.454 e. The summed E-state index contributed by atoms with van der Waals surface area (Å²) in [6.45, 7) is 0.301. The van der Waals surface area contributed by atoms with Gasteiger partial charge in [0.25, 0.3) is 5.91 Å². The molecule has 146 valence electrons. The van der Waals surface area contributed by atoms with Gasteiger partial charge in [0, 0.05) is 17.3 Å². The number of aromatic nitrogens is 1. The molecular formula is C25H17FN2O2. The Kier molecular flexibility index (Phi) is 4.48. The molecule has 0 aliphatic heterocycles. The number of carbonyl (C=O) groups excluding carboxylic acids is 1. The van der Waals surface area contributed by atoms with Crippen molar-refractivity contribution in [3.8, 4) is 11.5 Å². The van der Waals surface area contributed by atoms with Crippen molar-refractivity contribution in [2.45, 2.75) is 6.54 Å². The van der Waals surface area contributed by atoms with Crippen molar-refractivity contribution >= 4 is 27.8 Å². The highest BCUT2D eigenvalue weighted by Gasteiger charge is 2.16. The minimum atomic E-state index is -0.305. The molecule has 0 saturated carbocycles. The monoisotopic (exact) mass is 396 g/mol. The maximum Gasteiger partial charge on any atom is 0.252 e. The molecule has 5 aromatic rings. The summed E-state index contributed by atoms with van der Waals surface area (Å²) in [5.41, 5.74) is 3.41. The zero-order chi connectivity index (χ0) is 20.5. The van der Waals surface area contributed by atoms with Crippen molar-refractivity contribution in [3.63, 3.8) is 0 Å². The highest BCUT2D eigenvalue weighted by atomic mass is 19.1. The number of halogens is 1. The maximum absolute atomic E-state index is 13.1. The molecule has 5 heteroatoms. The number of carbonyl (C=O) groups is 1. The van der Waals surface area contributed by atoms with Gasteiger partial charge in [-0.15, -0.1) is 0 Å². The van der Waals surface area contributed by atoms with Crippen LogP contribution < -0.4 is 5.32 Å². The minimum absolute atomic E-state index is 0.227. The van der Waals surface area contributed by atoms with Crippen molar-refractivity contribution in [1.82, 2.24) is 10.3 Å². The summed E-state index contributed by atoms with van der Waals surface area (Å²) in [4.78, 5) is 17.7. The van der Waals surface area contributed by atoms with E-state index in [1.165, 1.54) is 12.1 Å². The topological polar surface area (TPSA) is 55.1 Å². The highest BCUT2D eigenvalue weighted by molar-refractivity contribution is 6.07.